The van der Waals surface area contributed by atoms with E-state index in [1.807, 2.05) is 38.1 Å². The van der Waals surface area contributed by atoms with Crippen molar-refractivity contribution >= 4 is 40.9 Å². The standard InChI is InChI=1S/C27H24Cl2N2O4/c1-17(2)35-26-24(29)13-18(14-25(26)33-3)12-20(15-30)27(32)31-21-8-10-22(11-9-21)34-16-19-6-4-5-7-23(19)28/h4-14,17H,16H2,1-3H3,(H,31,32)/b20-12+. The van der Waals surface area contributed by atoms with Crippen molar-refractivity contribution in [1.29, 1.82) is 5.26 Å². The van der Waals surface area contributed by atoms with E-state index in [1.165, 1.54) is 13.2 Å². The number of methoxy groups -OCH3 is 1. The third kappa shape index (κ3) is 7.16. The second-order valence-corrected chi connectivity index (χ2v) is 8.54. The second-order valence-electron chi connectivity index (χ2n) is 7.73. The van der Waals surface area contributed by atoms with Crippen molar-refractivity contribution in [2.45, 2.75) is 26.6 Å². The van der Waals surface area contributed by atoms with E-state index >= 15 is 0 Å². The van der Waals surface area contributed by atoms with Crippen molar-refractivity contribution in [3.8, 4) is 23.3 Å². The number of carbonyl (C=O) groups excluding carboxylic acids is 1. The number of benzene rings is 3. The first-order valence-corrected chi connectivity index (χ1v) is 11.5. The van der Waals surface area contributed by atoms with Gasteiger partial charge in [0.2, 0.25) is 0 Å². The van der Waals surface area contributed by atoms with Crippen LogP contribution in [0.3, 0.4) is 0 Å². The summed E-state index contributed by atoms with van der Waals surface area (Å²) in [4.78, 5) is 12.7. The predicted molar refractivity (Wildman–Crippen MR) is 138 cm³/mol. The van der Waals surface area contributed by atoms with Gasteiger partial charge >= 0.3 is 0 Å². The molecule has 8 heteroatoms. The van der Waals surface area contributed by atoms with Crippen LogP contribution in [0, 0.1) is 11.3 Å². The van der Waals surface area contributed by atoms with Crippen LogP contribution in [-0.2, 0) is 11.4 Å². The molecule has 1 amide bonds. The van der Waals surface area contributed by atoms with Crippen LogP contribution in [0.15, 0.2) is 66.2 Å². The number of nitrogens with zero attached hydrogens (tertiary/aromatic N) is 1. The van der Waals surface area contributed by atoms with Gasteiger partial charge in [-0.05, 0) is 68.0 Å². The SMILES string of the molecule is COc1cc(/C=C(\C#N)C(=O)Nc2ccc(OCc3ccccc3Cl)cc2)cc(Cl)c1OC(C)C. The van der Waals surface area contributed by atoms with Crippen molar-refractivity contribution in [2.75, 3.05) is 12.4 Å². The monoisotopic (exact) mass is 510 g/mol. The number of hydrogen-bond acceptors (Lipinski definition) is 5. The maximum Gasteiger partial charge on any atom is 0.266 e. The van der Waals surface area contributed by atoms with Gasteiger partial charge in [0.25, 0.3) is 5.91 Å². The number of carbonyl (C=O) groups is 1. The van der Waals surface area contributed by atoms with E-state index in [9.17, 15) is 10.1 Å². The Morgan fingerprint density at radius 1 is 1.09 bits per heavy atom. The minimum atomic E-state index is -0.560. The molecule has 0 saturated heterocycles. The van der Waals surface area contributed by atoms with Crippen LogP contribution in [0.4, 0.5) is 5.69 Å². The van der Waals surface area contributed by atoms with Crippen molar-refractivity contribution in [3.63, 3.8) is 0 Å². The van der Waals surface area contributed by atoms with E-state index in [0.717, 1.165) is 5.56 Å². The lowest BCUT2D eigenvalue weighted by atomic mass is 10.1. The molecule has 3 aromatic carbocycles. The van der Waals surface area contributed by atoms with Crippen LogP contribution >= 0.6 is 23.2 Å². The highest BCUT2D eigenvalue weighted by Crippen LogP contribution is 2.37. The van der Waals surface area contributed by atoms with Gasteiger partial charge in [-0.25, -0.2) is 0 Å². The van der Waals surface area contributed by atoms with Crippen LogP contribution in [0.25, 0.3) is 6.08 Å². The van der Waals surface area contributed by atoms with E-state index in [2.05, 4.69) is 5.32 Å². The van der Waals surface area contributed by atoms with Gasteiger partial charge in [-0.15, -0.1) is 0 Å². The summed E-state index contributed by atoms with van der Waals surface area (Å²) in [6, 6.07) is 19.4. The summed E-state index contributed by atoms with van der Waals surface area (Å²) in [6.07, 6.45) is 1.33. The highest BCUT2D eigenvalue weighted by atomic mass is 35.5. The molecule has 0 aliphatic carbocycles. The topological polar surface area (TPSA) is 80.6 Å². The largest absolute Gasteiger partial charge is 0.493 e. The Kier molecular flexibility index (Phi) is 9.02. The van der Waals surface area contributed by atoms with Gasteiger partial charge in [0.15, 0.2) is 11.5 Å². The van der Waals surface area contributed by atoms with Gasteiger partial charge in [0.05, 0.1) is 18.2 Å². The molecule has 0 fully saturated rings. The number of ether oxygens (including phenoxy) is 3. The smallest absolute Gasteiger partial charge is 0.266 e. The molecule has 0 atom stereocenters. The number of amides is 1. The molecule has 0 radical (unpaired) electrons. The average molecular weight is 511 g/mol. The highest BCUT2D eigenvalue weighted by Gasteiger charge is 2.15. The molecule has 0 aliphatic rings. The number of nitrogens with one attached hydrogen (secondary N) is 1. The number of rotatable bonds is 9. The van der Waals surface area contributed by atoms with Crippen molar-refractivity contribution in [3.05, 3.63) is 87.4 Å². The summed E-state index contributed by atoms with van der Waals surface area (Å²) in [7, 11) is 1.49. The molecule has 35 heavy (non-hydrogen) atoms. The van der Waals surface area contributed by atoms with Gasteiger partial charge in [0, 0.05) is 16.3 Å². The summed E-state index contributed by atoms with van der Waals surface area (Å²) >= 11 is 12.5. The second kappa shape index (κ2) is 12.2. The molecule has 0 saturated carbocycles. The highest BCUT2D eigenvalue weighted by molar-refractivity contribution is 6.32. The van der Waals surface area contributed by atoms with Gasteiger partial charge < -0.3 is 19.5 Å². The fraction of sp³-hybridized carbons (Fsp3) is 0.185. The zero-order valence-corrected chi connectivity index (χ0v) is 21.0. The maximum absolute atomic E-state index is 12.7. The van der Waals surface area contributed by atoms with E-state index in [1.54, 1.807) is 42.5 Å². The lowest BCUT2D eigenvalue weighted by Gasteiger charge is -2.15. The first-order chi connectivity index (χ1) is 16.8. The molecule has 3 aromatic rings. The van der Waals surface area contributed by atoms with Crippen molar-refractivity contribution in [2.24, 2.45) is 0 Å². The van der Waals surface area contributed by atoms with Crippen molar-refractivity contribution < 1.29 is 19.0 Å². The summed E-state index contributed by atoms with van der Waals surface area (Å²) < 4.78 is 16.8. The Labute approximate surface area is 214 Å². The summed E-state index contributed by atoms with van der Waals surface area (Å²) in [6.45, 7) is 4.07. The van der Waals surface area contributed by atoms with Crippen LogP contribution in [0.5, 0.6) is 17.2 Å². The van der Waals surface area contributed by atoms with Gasteiger partial charge in [-0.3, -0.25) is 4.79 Å². The molecule has 0 aliphatic heterocycles. The van der Waals surface area contributed by atoms with Crippen LogP contribution in [0.2, 0.25) is 10.0 Å². The van der Waals surface area contributed by atoms with E-state index in [4.69, 9.17) is 37.4 Å². The minimum Gasteiger partial charge on any atom is -0.493 e. The fourth-order valence-corrected chi connectivity index (χ4v) is 3.55. The number of halogens is 2. The maximum atomic E-state index is 12.7. The Balaban J connectivity index is 1.70. The van der Waals surface area contributed by atoms with Crippen LogP contribution in [0.1, 0.15) is 25.0 Å². The first-order valence-electron chi connectivity index (χ1n) is 10.7. The lowest BCUT2D eigenvalue weighted by molar-refractivity contribution is -0.112. The average Bonchev–Trinajstić information content (AvgIpc) is 2.84. The minimum absolute atomic E-state index is 0.0975. The Bertz CT molecular complexity index is 1270. The van der Waals surface area contributed by atoms with E-state index < -0.39 is 5.91 Å². The summed E-state index contributed by atoms with van der Waals surface area (Å²) in [5, 5.41) is 13.2. The van der Waals surface area contributed by atoms with E-state index in [-0.39, 0.29) is 11.7 Å². The van der Waals surface area contributed by atoms with Crippen molar-refractivity contribution in [1.82, 2.24) is 0 Å². The summed E-state index contributed by atoms with van der Waals surface area (Å²) in [5.74, 6) is 0.864. The van der Waals surface area contributed by atoms with Crippen LogP contribution in [-0.4, -0.2) is 19.1 Å². The van der Waals surface area contributed by atoms with Crippen LogP contribution < -0.4 is 19.5 Å². The first kappa shape index (κ1) is 26.0. The lowest BCUT2D eigenvalue weighted by Crippen LogP contribution is -2.13. The van der Waals surface area contributed by atoms with E-state index in [0.29, 0.717) is 45.2 Å². The number of anilines is 1. The summed E-state index contributed by atoms with van der Waals surface area (Å²) in [5.41, 5.74) is 1.81. The molecule has 0 spiro atoms. The zero-order valence-electron chi connectivity index (χ0n) is 19.5. The third-order valence-corrected chi connectivity index (χ3v) is 5.40. The number of nitriles is 1. The molecule has 6 nitrogen and oxygen atoms in total. The molecular formula is C27H24Cl2N2O4. The fourth-order valence-electron chi connectivity index (χ4n) is 3.10. The van der Waals surface area contributed by atoms with Gasteiger partial charge in [-0.1, -0.05) is 41.4 Å². The molecule has 0 heterocycles. The number of hydrogen-bond donors (Lipinski definition) is 1. The molecule has 0 bridgehead atoms. The normalized spacial score (nSPS) is 11.1. The third-order valence-electron chi connectivity index (χ3n) is 4.75. The molecular weight excluding hydrogens is 487 g/mol. The molecule has 0 aromatic heterocycles. The molecule has 180 valence electrons. The Morgan fingerprint density at radius 3 is 2.43 bits per heavy atom. The Hall–Kier alpha value is -3.66. The quantitative estimate of drug-likeness (QED) is 0.249. The molecule has 0 unspecified atom stereocenters. The zero-order chi connectivity index (χ0) is 25.4. The molecule has 1 N–H and O–H groups in total. The predicted octanol–water partition coefficient (Wildman–Crippen LogP) is 6.91. The van der Waals surface area contributed by atoms with Gasteiger partial charge in [0.1, 0.15) is 24.0 Å². The molecule has 3 rings (SSSR count). The van der Waals surface area contributed by atoms with Gasteiger partial charge in [-0.2, -0.15) is 5.26 Å². The Morgan fingerprint density at radius 2 is 1.80 bits per heavy atom.